The summed E-state index contributed by atoms with van der Waals surface area (Å²) in [6.07, 6.45) is 1.95. The summed E-state index contributed by atoms with van der Waals surface area (Å²) in [7, 11) is 0. The summed E-state index contributed by atoms with van der Waals surface area (Å²) < 4.78 is 0. The lowest BCUT2D eigenvalue weighted by Crippen LogP contribution is -2.46. The first kappa shape index (κ1) is 14.4. The molecule has 1 atom stereocenters. The number of hydrogen-bond donors (Lipinski definition) is 2. The Morgan fingerprint density at radius 2 is 2.11 bits per heavy atom. The van der Waals surface area contributed by atoms with Crippen LogP contribution in [0, 0.1) is 0 Å². The average Bonchev–Trinajstić information content (AvgIpc) is 2.35. The van der Waals surface area contributed by atoms with E-state index in [1.807, 2.05) is 6.92 Å². The van der Waals surface area contributed by atoms with Crippen LogP contribution >= 0.6 is 0 Å². The van der Waals surface area contributed by atoms with Crippen LogP contribution in [-0.4, -0.2) is 29.8 Å². The lowest BCUT2D eigenvalue weighted by Gasteiger charge is -2.39. The SMILES string of the molecule is CC(C)NCc1ccccc1N1CCCC(C)(O)C1. The van der Waals surface area contributed by atoms with Gasteiger partial charge in [-0.05, 0) is 31.4 Å². The third kappa shape index (κ3) is 3.95. The predicted octanol–water partition coefficient (Wildman–Crippen LogP) is 2.54. The second kappa shape index (κ2) is 5.93. The largest absolute Gasteiger partial charge is 0.388 e. The van der Waals surface area contributed by atoms with Gasteiger partial charge < -0.3 is 15.3 Å². The van der Waals surface area contributed by atoms with Gasteiger partial charge in [0, 0.05) is 31.4 Å². The standard InChI is InChI=1S/C16H26N2O/c1-13(2)17-11-14-7-4-5-8-15(14)18-10-6-9-16(3,19)12-18/h4-5,7-8,13,17,19H,6,9-12H2,1-3H3. The van der Waals surface area contributed by atoms with Crippen LogP contribution < -0.4 is 10.2 Å². The van der Waals surface area contributed by atoms with Gasteiger partial charge in [0.2, 0.25) is 0 Å². The van der Waals surface area contributed by atoms with Crippen molar-refractivity contribution in [3.05, 3.63) is 29.8 Å². The van der Waals surface area contributed by atoms with Gasteiger partial charge in [-0.1, -0.05) is 32.0 Å². The van der Waals surface area contributed by atoms with E-state index in [4.69, 9.17) is 0 Å². The number of benzene rings is 1. The maximum absolute atomic E-state index is 10.3. The molecule has 0 amide bonds. The number of rotatable bonds is 4. The van der Waals surface area contributed by atoms with E-state index >= 15 is 0 Å². The number of aliphatic hydroxyl groups is 1. The zero-order valence-electron chi connectivity index (χ0n) is 12.3. The van der Waals surface area contributed by atoms with Crippen molar-refractivity contribution in [1.29, 1.82) is 0 Å². The Kier molecular flexibility index (Phi) is 4.48. The van der Waals surface area contributed by atoms with E-state index in [0.717, 1.165) is 32.5 Å². The molecule has 2 rings (SSSR count). The lowest BCUT2D eigenvalue weighted by atomic mass is 9.94. The van der Waals surface area contributed by atoms with Gasteiger partial charge >= 0.3 is 0 Å². The molecule has 1 saturated heterocycles. The highest BCUT2D eigenvalue weighted by Gasteiger charge is 2.29. The third-order valence-electron chi connectivity index (χ3n) is 3.71. The molecule has 3 heteroatoms. The molecule has 0 aliphatic carbocycles. The molecular weight excluding hydrogens is 236 g/mol. The summed E-state index contributed by atoms with van der Waals surface area (Å²) in [6.45, 7) is 8.91. The van der Waals surface area contributed by atoms with Crippen molar-refractivity contribution in [3.8, 4) is 0 Å². The molecule has 1 fully saturated rings. The number of β-amino-alcohol motifs (C(OH)–C–C–N with tert-alkyl or cyclic N) is 1. The van der Waals surface area contributed by atoms with Gasteiger partial charge in [0.1, 0.15) is 0 Å². The molecule has 0 saturated carbocycles. The molecule has 1 aromatic carbocycles. The highest BCUT2D eigenvalue weighted by molar-refractivity contribution is 5.54. The molecule has 2 N–H and O–H groups in total. The molecule has 0 bridgehead atoms. The summed E-state index contributed by atoms with van der Waals surface area (Å²) in [5, 5.41) is 13.7. The maximum Gasteiger partial charge on any atom is 0.0794 e. The normalized spacial score (nSPS) is 23.9. The molecule has 1 heterocycles. The molecule has 106 valence electrons. The van der Waals surface area contributed by atoms with E-state index in [1.165, 1.54) is 11.3 Å². The first-order valence-corrected chi connectivity index (χ1v) is 7.26. The molecule has 3 nitrogen and oxygen atoms in total. The molecule has 0 radical (unpaired) electrons. The van der Waals surface area contributed by atoms with E-state index in [1.54, 1.807) is 0 Å². The third-order valence-corrected chi connectivity index (χ3v) is 3.71. The van der Waals surface area contributed by atoms with E-state index in [9.17, 15) is 5.11 Å². The summed E-state index contributed by atoms with van der Waals surface area (Å²) >= 11 is 0. The number of anilines is 1. The minimum atomic E-state index is -0.559. The Hall–Kier alpha value is -1.06. The van der Waals surface area contributed by atoms with Gasteiger partial charge in [-0.3, -0.25) is 0 Å². The Morgan fingerprint density at radius 3 is 2.79 bits per heavy atom. The van der Waals surface area contributed by atoms with Crippen molar-refractivity contribution in [2.24, 2.45) is 0 Å². The fourth-order valence-corrected chi connectivity index (χ4v) is 2.71. The van der Waals surface area contributed by atoms with Crippen LogP contribution in [0.1, 0.15) is 39.2 Å². The van der Waals surface area contributed by atoms with Crippen molar-refractivity contribution in [2.45, 2.75) is 51.8 Å². The molecule has 1 aliphatic heterocycles. The fourth-order valence-electron chi connectivity index (χ4n) is 2.71. The maximum atomic E-state index is 10.3. The van der Waals surface area contributed by atoms with Gasteiger partial charge in [-0.25, -0.2) is 0 Å². The highest BCUT2D eigenvalue weighted by atomic mass is 16.3. The molecule has 0 spiro atoms. The monoisotopic (exact) mass is 262 g/mol. The van der Waals surface area contributed by atoms with Crippen molar-refractivity contribution in [3.63, 3.8) is 0 Å². The lowest BCUT2D eigenvalue weighted by molar-refractivity contribution is 0.0449. The first-order valence-electron chi connectivity index (χ1n) is 7.26. The zero-order valence-corrected chi connectivity index (χ0v) is 12.3. The summed E-state index contributed by atoms with van der Waals surface area (Å²) in [5.41, 5.74) is 2.01. The quantitative estimate of drug-likeness (QED) is 0.875. The number of para-hydroxylation sites is 1. The molecule has 1 aliphatic rings. The molecule has 1 aromatic rings. The number of hydrogen-bond acceptors (Lipinski definition) is 3. The second-order valence-corrected chi connectivity index (χ2v) is 6.19. The summed E-state index contributed by atoms with van der Waals surface area (Å²) in [4.78, 5) is 2.32. The van der Waals surface area contributed by atoms with Crippen LogP contribution in [0.3, 0.4) is 0 Å². The molecule has 19 heavy (non-hydrogen) atoms. The van der Waals surface area contributed by atoms with Gasteiger partial charge in [0.25, 0.3) is 0 Å². The Bertz CT molecular complexity index is 415. The highest BCUT2D eigenvalue weighted by Crippen LogP contribution is 2.28. The molecule has 1 unspecified atom stereocenters. The fraction of sp³-hybridized carbons (Fsp3) is 0.625. The average molecular weight is 262 g/mol. The Labute approximate surface area is 116 Å². The molecular formula is C16H26N2O. The van der Waals surface area contributed by atoms with Crippen molar-refractivity contribution >= 4 is 5.69 Å². The predicted molar refractivity (Wildman–Crippen MR) is 80.5 cm³/mol. The van der Waals surface area contributed by atoms with Crippen molar-refractivity contribution in [1.82, 2.24) is 5.32 Å². The van der Waals surface area contributed by atoms with E-state index in [-0.39, 0.29) is 0 Å². The van der Waals surface area contributed by atoms with E-state index < -0.39 is 5.60 Å². The Morgan fingerprint density at radius 1 is 1.37 bits per heavy atom. The minimum absolute atomic E-state index is 0.484. The number of piperidine rings is 1. The van der Waals surface area contributed by atoms with Crippen LogP contribution in [0.15, 0.2) is 24.3 Å². The Balaban J connectivity index is 2.14. The van der Waals surface area contributed by atoms with Crippen LogP contribution in [-0.2, 0) is 6.54 Å². The van der Waals surface area contributed by atoms with E-state index in [2.05, 4.69) is 48.3 Å². The first-order chi connectivity index (χ1) is 8.98. The second-order valence-electron chi connectivity index (χ2n) is 6.19. The van der Waals surface area contributed by atoms with Crippen molar-refractivity contribution in [2.75, 3.05) is 18.0 Å². The smallest absolute Gasteiger partial charge is 0.0794 e. The van der Waals surface area contributed by atoms with Gasteiger partial charge in [0.15, 0.2) is 0 Å². The van der Waals surface area contributed by atoms with Gasteiger partial charge in [-0.15, -0.1) is 0 Å². The number of nitrogens with one attached hydrogen (secondary N) is 1. The van der Waals surface area contributed by atoms with E-state index in [0.29, 0.717) is 6.04 Å². The van der Waals surface area contributed by atoms with Gasteiger partial charge in [0.05, 0.1) is 5.60 Å². The topological polar surface area (TPSA) is 35.5 Å². The minimum Gasteiger partial charge on any atom is -0.388 e. The van der Waals surface area contributed by atoms with Crippen LogP contribution in [0.4, 0.5) is 5.69 Å². The van der Waals surface area contributed by atoms with Crippen molar-refractivity contribution < 1.29 is 5.11 Å². The van der Waals surface area contributed by atoms with Crippen LogP contribution in [0.5, 0.6) is 0 Å². The zero-order chi connectivity index (χ0) is 13.9. The summed E-state index contributed by atoms with van der Waals surface area (Å²) in [5.74, 6) is 0. The molecule has 0 aromatic heterocycles. The van der Waals surface area contributed by atoms with Crippen LogP contribution in [0.2, 0.25) is 0 Å². The summed E-state index contributed by atoms with van der Waals surface area (Å²) in [6, 6.07) is 8.99. The van der Waals surface area contributed by atoms with Crippen LogP contribution in [0.25, 0.3) is 0 Å². The number of nitrogens with zero attached hydrogens (tertiary/aromatic N) is 1. The van der Waals surface area contributed by atoms with Gasteiger partial charge in [-0.2, -0.15) is 0 Å².